The van der Waals surface area contributed by atoms with E-state index in [4.69, 9.17) is 5.84 Å². The van der Waals surface area contributed by atoms with E-state index >= 15 is 0 Å². The van der Waals surface area contributed by atoms with Crippen molar-refractivity contribution in [2.75, 3.05) is 23.4 Å². The maximum Gasteiger partial charge on any atom is 0.239 e. The minimum Gasteiger partial charge on any atom is -0.356 e. The highest BCUT2D eigenvalue weighted by atomic mass is 15.3. The van der Waals surface area contributed by atoms with Gasteiger partial charge in [0.1, 0.15) is 5.82 Å². The summed E-state index contributed by atoms with van der Waals surface area (Å²) in [4.78, 5) is 10.9. The van der Waals surface area contributed by atoms with E-state index in [1.807, 2.05) is 13.1 Å². The van der Waals surface area contributed by atoms with Crippen molar-refractivity contribution >= 4 is 11.8 Å². The van der Waals surface area contributed by atoms with Crippen molar-refractivity contribution in [3.05, 3.63) is 11.8 Å². The van der Waals surface area contributed by atoms with E-state index in [1.165, 1.54) is 19.3 Å². The lowest BCUT2D eigenvalue weighted by atomic mass is 9.94. The molecule has 0 spiro atoms. The van der Waals surface area contributed by atoms with Crippen molar-refractivity contribution in [3.63, 3.8) is 0 Å². The number of hydrazine groups is 1. The van der Waals surface area contributed by atoms with Gasteiger partial charge < -0.3 is 4.90 Å². The number of nitrogen functional groups attached to an aromatic ring is 1. The standard InChI is InChI=1S/C12H21N5/c1-3-10-4-6-17(7-5-10)11-9(2)8-14-12(15-11)16-13/h8,10H,3-7,13H2,1-2H3,(H,14,15,16). The van der Waals surface area contributed by atoms with Crippen LogP contribution in [0.5, 0.6) is 0 Å². The highest BCUT2D eigenvalue weighted by molar-refractivity contribution is 5.48. The molecule has 0 amide bonds. The summed E-state index contributed by atoms with van der Waals surface area (Å²) in [5.74, 6) is 7.73. The summed E-state index contributed by atoms with van der Waals surface area (Å²) in [6.07, 6.45) is 5.62. The van der Waals surface area contributed by atoms with E-state index in [0.717, 1.165) is 30.4 Å². The molecular weight excluding hydrogens is 214 g/mol. The molecule has 3 N–H and O–H groups in total. The lowest BCUT2D eigenvalue weighted by molar-refractivity contribution is 0.393. The van der Waals surface area contributed by atoms with Crippen molar-refractivity contribution in [1.82, 2.24) is 9.97 Å². The van der Waals surface area contributed by atoms with Crippen LogP contribution in [-0.4, -0.2) is 23.1 Å². The predicted octanol–water partition coefficient (Wildman–Crippen LogP) is 1.70. The van der Waals surface area contributed by atoms with Crippen LogP contribution in [0.2, 0.25) is 0 Å². The normalized spacial score (nSPS) is 17.2. The Kier molecular flexibility index (Phi) is 3.78. The number of piperidine rings is 1. The minimum absolute atomic E-state index is 0.489. The molecule has 1 aromatic heterocycles. The third-order valence-corrected chi connectivity index (χ3v) is 3.57. The Morgan fingerprint density at radius 3 is 2.76 bits per heavy atom. The molecule has 0 radical (unpaired) electrons. The molecule has 17 heavy (non-hydrogen) atoms. The zero-order valence-corrected chi connectivity index (χ0v) is 10.6. The van der Waals surface area contributed by atoms with Gasteiger partial charge in [0.05, 0.1) is 0 Å². The Bertz CT molecular complexity index is 371. The van der Waals surface area contributed by atoms with Crippen LogP contribution in [0.3, 0.4) is 0 Å². The van der Waals surface area contributed by atoms with Crippen LogP contribution in [0.15, 0.2) is 6.20 Å². The first kappa shape index (κ1) is 12.1. The topological polar surface area (TPSA) is 67.1 Å². The highest BCUT2D eigenvalue weighted by Gasteiger charge is 2.20. The van der Waals surface area contributed by atoms with Gasteiger partial charge in [0.15, 0.2) is 0 Å². The molecule has 0 aromatic carbocycles. The fourth-order valence-corrected chi connectivity index (χ4v) is 2.38. The number of nitrogens with two attached hydrogens (primary N) is 1. The summed E-state index contributed by atoms with van der Waals surface area (Å²) in [5.41, 5.74) is 3.61. The summed E-state index contributed by atoms with van der Waals surface area (Å²) in [6, 6.07) is 0. The van der Waals surface area contributed by atoms with Crippen molar-refractivity contribution in [2.24, 2.45) is 11.8 Å². The molecule has 0 saturated carbocycles. The first-order valence-corrected chi connectivity index (χ1v) is 6.29. The van der Waals surface area contributed by atoms with Crippen LogP contribution in [0.25, 0.3) is 0 Å². The lowest BCUT2D eigenvalue weighted by Crippen LogP contribution is -2.34. The van der Waals surface area contributed by atoms with Gasteiger partial charge in [-0.15, -0.1) is 0 Å². The Morgan fingerprint density at radius 2 is 2.18 bits per heavy atom. The zero-order valence-electron chi connectivity index (χ0n) is 10.6. The number of nitrogens with zero attached hydrogens (tertiary/aromatic N) is 3. The van der Waals surface area contributed by atoms with Crippen LogP contribution < -0.4 is 16.2 Å². The molecule has 0 aliphatic carbocycles. The molecule has 1 saturated heterocycles. The van der Waals surface area contributed by atoms with Gasteiger partial charge >= 0.3 is 0 Å². The van der Waals surface area contributed by atoms with E-state index in [1.54, 1.807) is 0 Å². The average molecular weight is 235 g/mol. The molecule has 0 bridgehead atoms. The van der Waals surface area contributed by atoms with Gasteiger partial charge in [-0.3, -0.25) is 5.43 Å². The third kappa shape index (κ3) is 2.66. The lowest BCUT2D eigenvalue weighted by Gasteiger charge is -2.33. The molecule has 5 nitrogen and oxygen atoms in total. The Hall–Kier alpha value is -1.36. The van der Waals surface area contributed by atoms with Crippen LogP contribution in [0.4, 0.5) is 11.8 Å². The van der Waals surface area contributed by atoms with Crippen molar-refractivity contribution < 1.29 is 0 Å². The van der Waals surface area contributed by atoms with E-state index in [9.17, 15) is 0 Å². The maximum atomic E-state index is 5.35. The van der Waals surface area contributed by atoms with Crippen molar-refractivity contribution in [3.8, 4) is 0 Å². The number of aromatic nitrogens is 2. The van der Waals surface area contributed by atoms with Crippen LogP contribution in [-0.2, 0) is 0 Å². The average Bonchev–Trinajstić information content (AvgIpc) is 2.39. The Balaban J connectivity index is 2.12. The monoisotopic (exact) mass is 235 g/mol. The first-order chi connectivity index (χ1) is 8.24. The second-order valence-corrected chi connectivity index (χ2v) is 4.68. The van der Waals surface area contributed by atoms with Gasteiger partial charge in [-0.05, 0) is 25.7 Å². The predicted molar refractivity (Wildman–Crippen MR) is 69.8 cm³/mol. The number of rotatable bonds is 3. The Morgan fingerprint density at radius 1 is 1.47 bits per heavy atom. The maximum absolute atomic E-state index is 5.35. The van der Waals surface area contributed by atoms with E-state index in [-0.39, 0.29) is 0 Å². The van der Waals surface area contributed by atoms with E-state index < -0.39 is 0 Å². The fraction of sp³-hybridized carbons (Fsp3) is 0.667. The molecule has 0 atom stereocenters. The molecule has 94 valence electrons. The van der Waals surface area contributed by atoms with Crippen molar-refractivity contribution in [2.45, 2.75) is 33.1 Å². The number of aryl methyl sites for hydroxylation is 1. The van der Waals surface area contributed by atoms with Gasteiger partial charge in [0, 0.05) is 24.8 Å². The summed E-state index contributed by atoms with van der Waals surface area (Å²) < 4.78 is 0. The summed E-state index contributed by atoms with van der Waals surface area (Å²) in [6.45, 7) is 6.48. The van der Waals surface area contributed by atoms with Gasteiger partial charge in [-0.1, -0.05) is 13.3 Å². The summed E-state index contributed by atoms with van der Waals surface area (Å²) in [7, 11) is 0. The minimum atomic E-state index is 0.489. The SMILES string of the molecule is CCC1CCN(c2nc(NN)ncc2C)CC1. The number of nitrogens with one attached hydrogen (secondary N) is 1. The number of anilines is 2. The smallest absolute Gasteiger partial charge is 0.239 e. The molecule has 2 rings (SSSR count). The molecule has 1 aliphatic heterocycles. The number of hydrogen-bond donors (Lipinski definition) is 2. The van der Waals surface area contributed by atoms with Crippen LogP contribution in [0, 0.1) is 12.8 Å². The second kappa shape index (κ2) is 5.31. The van der Waals surface area contributed by atoms with Crippen LogP contribution in [0.1, 0.15) is 31.7 Å². The van der Waals surface area contributed by atoms with Gasteiger partial charge in [-0.2, -0.15) is 4.98 Å². The largest absolute Gasteiger partial charge is 0.356 e. The van der Waals surface area contributed by atoms with Gasteiger partial charge in [0.25, 0.3) is 0 Å². The molecule has 1 aliphatic rings. The first-order valence-electron chi connectivity index (χ1n) is 6.29. The second-order valence-electron chi connectivity index (χ2n) is 4.68. The molecule has 2 heterocycles. The molecular formula is C12H21N5. The highest BCUT2D eigenvalue weighted by Crippen LogP contribution is 2.26. The van der Waals surface area contributed by atoms with Gasteiger partial charge in [0.2, 0.25) is 5.95 Å². The van der Waals surface area contributed by atoms with E-state index in [0.29, 0.717) is 5.95 Å². The molecule has 0 unspecified atom stereocenters. The number of hydrogen-bond acceptors (Lipinski definition) is 5. The quantitative estimate of drug-likeness (QED) is 0.616. The molecule has 1 fully saturated rings. The van der Waals surface area contributed by atoms with Crippen molar-refractivity contribution in [1.29, 1.82) is 0 Å². The Labute approximate surface area is 102 Å². The summed E-state index contributed by atoms with van der Waals surface area (Å²) in [5, 5.41) is 0. The van der Waals surface area contributed by atoms with Gasteiger partial charge in [-0.25, -0.2) is 10.8 Å². The third-order valence-electron chi connectivity index (χ3n) is 3.57. The zero-order chi connectivity index (χ0) is 12.3. The van der Waals surface area contributed by atoms with E-state index in [2.05, 4.69) is 27.2 Å². The molecule has 5 heteroatoms. The van der Waals surface area contributed by atoms with Crippen LogP contribution >= 0.6 is 0 Å². The molecule has 1 aromatic rings. The summed E-state index contributed by atoms with van der Waals surface area (Å²) >= 11 is 0. The fourth-order valence-electron chi connectivity index (χ4n) is 2.38.